The Morgan fingerprint density at radius 1 is 0.921 bits per heavy atom. The summed E-state index contributed by atoms with van der Waals surface area (Å²) < 4.78 is 14.6. The molecule has 5 N–H and O–H groups in total. The number of benzene rings is 1. The van der Waals surface area contributed by atoms with Crippen molar-refractivity contribution in [3.05, 3.63) is 67.0 Å². The highest BCUT2D eigenvalue weighted by molar-refractivity contribution is 5.96. The fourth-order valence-electron chi connectivity index (χ4n) is 4.35. The monoisotopic (exact) mass is 508 g/mol. The molecule has 0 aliphatic rings. The Kier molecular flexibility index (Phi) is 5.89. The van der Waals surface area contributed by atoms with Gasteiger partial charge in [0.2, 0.25) is 0 Å². The van der Waals surface area contributed by atoms with Gasteiger partial charge in [-0.05, 0) is 56.1 Å². The molecule has 38 heavy (non-hydrogen) atoms. The Bertz CT molecular complexity index is 1770. The van der Waals surface area contributed by atoms with Crippen LogP contribution in [0, 0.1) is 5.82 Å². The molecule has 11 heteroatoms. The van der Waals surface area contributed by atoms with Gasteiger partial charge in [0.1, 0.15) is 11.3 Å². The quantitative estimate of drug-likeness (QED) is 0.250. The van der Waals surface area contributed by atoms with Gasteiger partial charge in [-0.15, -0.1) is 0 Å². The number of nitrogens with zero attached hydrogens (tertiary/aromatic N) is 6. The topological polar surface area (TPSA) is 137 Å². The van der Waals surface area contributed by atoms with E-state index in [4.69, 9.17) is 15.7 Å². The lowest BCUT2D eigenvalue weighted by Crippen LogP contribution is -2.20. The number of likely N-dealkylation sites (N-methyl/N-ethyl adjacent to an activating group) is 1. The van der Waals surface area contributed by atoms with Gasteiger partial charge >= 0.3 is 0 Å². The number of anilines is 2. The predicted octanol–water partition coefficient (Wildman–Crippen LogP) is 4.32. The van der Waals surface area contributed by atoms with Crippen LogP contribution in [0.3, 0.4) is 0 Å². The zero-order chi connectivity index (χ0) is 26.2. The summed E-state index contributed by atoms with van der Waals surface area (Å²) in [6.45, 7) is 1.52. The Morgan fingerprint density at radius 2 is 1.79 bits per heavy atom. The third-order valence-corrected chi connectivity index (χ3v) is 6.18. The molecule has 0 fully saturated rings. The number of hydrogen-bond donors (Lipinski definition) is 4. The van der Waals surface area contributed by atoms with E-state index in [1.165, 1.54) is 12.1 Å². The van der Waals surface area contributed by atoms with Gasteiger partial charge < -0.3 is 20.9 Å². The van der Waals surface area contributed by atoms with E-state index in [1.54, 1.807) is 24.8 Å². The third-order valence-electron chi connectivity index (χ3n) is 6.18. The molecule has 0 aliphatic heterocycles. The summed E-state index contributed by atoms with van der Waals surface area (Å²) in [5, 5.41) is 10.8. The van der Waals surface area contributed by atoms with Crippen molar-refractivity contribution in [2.24, 2.45) is 0 Å². The number of nitrogens with two attached hydrogens (primary N) is 1. The van der Waals surface area contributed by atoms with Gasteiger partial charge in [-0.25, -0.2) is 14.4 Å². The molecule has 1 aromatic carbocycles. The van der Waals surface area contributed by atoms with Gasteiger partial charge in [-0.3, -0.25) is 15.1 Å². The molecular weight excluding hydrogens is 483 g/mol. The lowest BCUT2D eigenvalue weighted by molar-refractivity contribution is 0.425. The number of aromatic nitrogens is 7. The molecule has 5 heterocycles. The van der Waals surface area contributed by atoms with Gasteiger partial charge in [-0.2, -0.15) is 5.10 Å². The molecule has 190 valence electrons. The van der Waals surface area contributed by atoms with E-state index in [1.807, 2.05) is 38.4 Å². The van der Waals surface area contributed by atoms with Gasteiger partial charge in [0.05, 0.1) is 34.1 Å². The van der Waals surface area contributed by atoms with E-state index in [-0.39, 0.29) is 5.82 Å². The maximum Gasteiger partial charge on any atom is 0.161 e. The standard InChI is InChI=1S/C27H25FN10/c1-38(2)6-5-32-19-9-15(7-17(28)10-19)20-13-31-14-23-24(20)35-27(34-23)26-25-22(36-37-26)4-3-21(33-25)16-8-18(29)12-30-11-16/h3-4,7-14,32H,5-6,29H2,1-2H3,(H,34,35)(H,36,37). The third kappa shape index (κ3) is 4.50. The highest BCUT2D eigenvalue weighted by Crippen LogP contribution is 2.32. The number of fused-ring (bicyclic) bond motifs is 2. The summed E-state index contributed by atoms with van der Waals surface area (Å²) in [7, 11) is 3.99. The van der Waals surface area contributed by atoms with Gasteiger partial charge in [0.15, 0.2) is 11.5 Å². The van der Waals surface area contributed by atoms with Crippen molar-refractivity contribution in [2.75, 3.05) is 38.2 Å². The molecule has 0 atom stereocenters. The Labute approximate surface area is 217 Å². The van der Waals surface area contributed by atoms with Crippen LogP contribution in [0.2, 0.25) is 0 Å². The highest BCUT2D eigenvalue weighted by Gasteiger charge is 2.18. The van der Waals surface area contributed by atoms with Crippen LogP contribution in [-0.4, -0.2) is 67.2 Å². The SMILES string of the molecule is CN(C)CCNc1cc(F)cc(-c2cncc3[nH]c(-c4n[nH]c5ccc(-c6cncc(N)c6)nc45)nc23)c1. The van der Waals surface area contributed by atoms with Crippen LogP contribution in [0.25, 0.3) is 56.0 Å². The first-order chi connectivity index (χ1) is 18.4. The van der Waals surface area contributed by atoms with Crippen molar-refractivity contribution < 1.29 is 4.39 Å². The van der Waals surface area contributed by atoms with Crippen molar-refractivity contribution in [1.82, 2.24) is 40.0 Å². The largest absolute Gasteiger partial charge is 0.397 e. The van der Waals surface area contributed by atoms with E-state index in [0.29, 0.717) is 62.8 Å². The fraction of sp³-hybridized carbons (Fsp3) is 0.148. The molecule has 10 nitrogen and oxygen atoms in total. The van der Waals surface area contributed by atoms with Crippen LogP contribution in [0.15, 0.2) is 61.2 Å². The van der Waals surface area contributed by atoms with Gasteiger partial charge in [-0.1, -0.05) is 0 Å². The van der Waals surface area contributed by atoms with Crippen molar-refractivity contribution in [1.29, 1.82) is 0 Å². The number of imidazole rings is 1. The smallest absolute Gasteiger partial charge is 0.161 e. The first kappa shape index (κ1) is 23.5. The molecule has 0 amide bonds. The summed E-state index contributed by atoms with van der Waals surface area (Å²) in [5.74, 6) is 0.185. The molecule has 5 aromatic heterocycles. The zero-order valence-corrected chi connectivity index (χ0v) is 20.8. The molecular formula is C27H25FN10. The normalized spacial score (nSPS) is 11.6. The Hall–Kier alpha value is -4.90. The minimum absolute atomic E-state index is 0.339. The van der Waals surface area contributed by atoms with Crippen LogP contribution in [0.4, 0.5) is 15.8 Å². The van der Waals surface area contributed by atoms with Crippen LogP contribution >= 0.6 is 0 Å². The number of nitrogens with one attached hydrogen (secondary N) is 3. The first-order valence-corrected chi connectivity index (χ1v) is 12.0. The number of aromatic amines is 2. The zero-order valence-electron chi connectivity index (χ0n) is 20.8. The average molecular weight is 509 g/mol. The molecule has 0 unspecified atom stereocenters. The van der Waals surface area contributed by atoms with Crippen molar-refractivity contribution in [3.63, 3.8) is 0 Å². The van der Waals surface area contributed by atoms with Crippen molar-refractivity contribution >= 4 is 33.4 Å². The van der Waals surface area contributed by atoms with Crippen molar-refractivity contribution in [2.45, 2.75) is 0 Å². The Morgan fingerprint density at radius 3 is 2.63 bits per heavy atom. The number of H-pyrrole nitrogens is 2. The van der Waals surface area contributed by atoms with Crippen LogP contribution in [0.1, 0.15) is 0 Å². The molecule has 0 saturated heterocycles. The Balaban J connectivity index is 1.40. The number of pyridine rings is 3. The van der Waals surface area contributed by atoms with Crippen LogP contribution < -0.4 is 11.1 Å². The van der Waals surface area contributed by atoms with Crippen LogP contribution in [-0.2, 0) is 0 Å². The molecule has 0 spiro atoms. The lowest BCUT2D eigenvalue weighted by Gasteiger charge is -2.12. The molecule has 0 radical (unpaired) electrons. The molecule has 0 bridgehead atoms. The van der Waals surface area contributed by atoms with Gasteiger partial charge in [0.25, 0.3) is 0 Å². The number of hydrogen-bond acceptors (Lipinski definition) is 8. The molecule has 6 aromatic rings. The fourth-order valence-corrected chi connectivity index (χ4v) is 4.35. The van der Waals surface area contributed by atoms with Crippen molar-refractivity contribution in [3.8, 4) is 33.9 Å². The molecule has 0 saturated carbocycles. The second-order valence-corrected chi connectivity index (χ2v) is 9.30. The van der Waals surface area contributed by atoms with E-state index < -0.39 is 0 Å². The summed E-state index contributed by atoms with van der Waals surface area (Å²) in [5.41, 5.74) is 13.4. The summed E-state index contributed by atoms with van der Waals surface area (Å²) in [4.78, 5) is 23.6. The van der Waals surface area contributed by atoms with E-state index in [2.05, 4.69) is 35.4 Å². The summed E-state index contributed by atoms with van der Waals surface area (Å²) >= 11 is 0. The second-order valence-electron chi connectivity index (χ2n) is 9.30. The van der Waals surface area contributed by atoms with Crippen LogP contribution in [0.5, 0.6) is 0 Å². The first-order valence-electron chi connectivity index (χ1n) is 12.0. The maximum absolute atomic E-state index is 14.6. The maximum atomic E-state index is 14.6. The lowest BCUT2D eigenvalue weighted by atomic mass is 10.1. The second kappa shape index (κ2) is 9.52. The molecule has 6 rings (SSSR count). The van der Waals surface area contributed by atoms with Gasteiger partial charge in [0, 0.05) is 48.5 Å². The summed E-state index contributed by atoms with van der Waals surface area (Å²) in [6.07, 6.45) is 6.69. The number of rotatable bonds is 7. The van der Waals surface area contributed by atoms with E-state index >= 15 is 0 Å². The minimum atomic E-state index is -0.339. The number of nitrogen functional groups attached to an aromatic ring is 1. The summed E-state index contributed by atoms with van der Waals surface area (Å²) in [6, 6.07) is 10.5. The van der Waals surface area contributed by atoms with E-state index in [9.17, 15) is 4.39 Å². The minimum Gasteiger partial charge on any atom is -0.397 e. The number of halogens is 1. The average Bonchev–Trinajstić information content (AvgIpc) is 3.51. The van der Waals surface area contributed by atoms with E-state index in [0.717, 1.165) is 17.6 Å². The highest BCUT2D eigenvalue weighted by atomic mass is 19.1. The predicted molar refractivity (Wildman–Crippen MR) is 147 cm³/mol. The molecule has 0 aliphatic carbocycles.